The summed E-state index contributed by atoms with van der Waals surface area (Å²) in [5, 5.41) is 3.42. The van der Waals surface area contributed by atoms with Crippen LogP contribution in [0.25, 0.3) is 78.2 Å². The highest BCUT2D eigenvalue weighted by Gasteiger charge is 2.14. The Morgan fingerprint density at radius 1 is 0.318 bits per heavy atom. The van der Waals surface area contributed by atoms with Crippen LogP contribution in [0.5, 0.6) is 0 Å². The molecule has 0 aliphatic rings. The minimum absolute atomic E-state index is 0.693. The number of fused-ring (bicyclic) bond motifs is 2. The van der Waals surface area contributed by atoms with Gasteiger partial charge in [-0.25, -0.2) is 19.9 Å². The van der Waals surface area contributed by atoms with Crippen molar-refractivity contribution in [3.63, 3.8) is 0 Å². The first-order valence-electron chi connectivity index (χ1n) is 14.7. The molecule has 2 aromatic heterocycles. The minimum Gasteiger partial charge on any atom is -0.228 e. The summed E-state index contributed by atoms with van der Waals surface area (Å²) < 4.78 is 0. The summed E-state index contributed by atoms with van der Waals surface area (Å²) in [6.45, 7) is 0. The fourth-order valence-corrected chi connectivity index (χ4v) is 5.62. The van der Waals surface area contributed by atoms with Gasteiger partial charge in [-0.05, 0) is 29.0 Å². The molecule has 206 valence electrons. The Morgan fingerprint density at radius 2 is 0.864 bits per heavy atom. The fraction of sp³-hybridized carbons (Fsp3) is 0. The van der Waals surface area contributed by atoms with Gasteiger partial charge in [0.2, 0.25) is 0 Å². The number of rotatable bonds is 5. The molecule has 0 bridgehead atoms. The van der Waals surface area contributed by atoms with E-state index in [-0.39, 0.29) is 0 Å². The molecule has 0 saturated carbocycles. The van der Waals surface area contributed by atoms with Gasteiger partial charge in [0.1, 0.15) is 0 Å². The Hall–Kier alpha value is -6.00. The smallest absolute Gasteiger partial charge is 0.160 e. The van der Waals surface area contributed by atoms with E-state index in [0.717, 1.165) is 55.8 Å². The van der Waals surface area contributed by atoms with Crippen molar-refractivity contribution in [2.45, 2.75) is 0 Å². The molecule has 0 aliphatic heterocycles. The molecule has 0 amide bonds. The minimum atomic E-state index is 0.693. The molecule has 0 fully saturated rings. The first-order valence-corrected chi connectivity index (χ1v) is 14.7. The Labute approximate surface area is 255 Å². The van der Waals surface area contributed by atoms with Crippen LogP contribution >= 0.6 is 0 Å². The van der Waals surface area contributed by atoms with Gasteiger partial charge in [0.25, 0.3) is 0 Å². The van der Waals surface area contributed by atoms with E-state index in [9.17, 15) is 0 Å². The molecule has 0 spiro atoms. The van der Waals surface area contributed by atoms with Crippen LogP contribution in [0.4, 0.5) is 0 Å². The van der Waals surface area contributed by atoms with Gasteiger partial charge in [-0.2, -0.15) is 0 Å². The van der Waals surface area contributed by atoms with Crippen LogP contribution in [0.2, 0.25) is 0 Å². The molecule has 8 aromatic rings. The fourth-order valence-electron chi connectivity index (χ4n) is 5.62. The zero-order valence-electron chi connectivity index (χ0n) is 23.8. The molecule has 0 saturated heterocycles. The molecule has 44 heavy (non-hydrogen) atoms. The van der Waals surface area contributed by atoms with Gasteiger partial charge < -0.3 is 0 Å². The molecular weight excluding hydrogens is 536 g/mol. The third-order valence-electron chi connectivity index (χ3n) is 7.89. The van der Waals surface area contributed by atoms with Crippen LogP contribution in [-0.4, -0.2) is 19.9 Å². The third kappa shape index (κ3) is 4.89. The monoisotopic (exact) mass is 562 g/mol. The average molecular weight is 563 g/mol. The number of benzene rings is 6. The van der Waals surface area contributed by atoms with Crippen LogP contribution in [0, 0.1) is 0 Å². The van der Waals surface area contributed by atoms with E-state index in [1.165, 1.54) is 10.8 Å². The Morgan fingerprint density at radius 3 is 1.64 bits per heavy atom. The van der Waals surface area contributed by atoms with Gasteiger partial charge in [-0.3, -0.25) is 0 Å². The number of hydrogen-bond donors (Lipinski definition) is 0. The predicted octanol–water partition coefficient (Wildman–Crippen LogP) is 9.91. The lowest BCUT2D eigenvalue weighted by molar-refractivity contribution is 1.18. The van der Waals surface area contributed by atoms with Crippen LogP contribution < -0.4 is 0 Å². The predicted molar refractivity (Wildman–Crippen MR) is 180 cm³/mol. The van der Waals surface area contributed by atoms with Gasteiger partial charge in [0.15, 0.2) is 11.6 Å². The topological polar surface area (TPSA) is 51.6 Å². The van der Waals surface area contributed by atoms with Gasteiger partial charge in [0.05, 0.1) is 22.6 Å². The van der Waals surface area contributed by atoms with Crippen molar-refractivity contribution in [1.82, 2.24) is 19.9 Å². The van der Waals surface area contributed by atoms with Crippen molar-refractivity contribution >= 4 is 21.7 Å². The zero-order valence-corrected chi connectivity index (χ0v) is 23.8. The van der Waals surface area contributed by atoms with Crippen molar-refractivity contribution < 1.29 is 0 Å². The highest BCUT2D eigenvalue weighted by atomic mass is 14.9. The van der Waals surface area contributed by atoms with E-state index in [1.54, 1.807) is 0 Å². The van der Waals surface area contributed by atoms with Crippen LogP contribution in [0.1, 0.15) is 0 Å². The first-order chi connectivity index (χ1) is 21.8. The summed E-state index contributed by atoms with van der Waals surface area (Å²) in [4.78, 5) is 20.0. The van der Waals surface area contributed by atoms with Crippen molar-refractivity contribution in [3.8, 4) is 56.5 Å². The maximum Gasteiger partial charge on any atom is 0.160 e. The van der Waals surface area contributed by atoms with Crippen molar-refractivity contribution in [2.24, 2.45) is 0 Å². The first kappa shape index (κ1) is 25.7. The van der Waals surface area contributed by atoms with E-state index in [1.807, 2.05) is 66.7 Å². The molecule has 0 radical (unpaired) electrons. The molecule has 0 aliphatic carbocycles. The Balaban J connectivity index is 1.22. The van der Waals surface area contributed by atoms with Crippen LogP contribution in [0.15, 0.2) is 158 Å². The van der Waals surface area contributed by atoms with Crippen molar-refractivity contribution in [3.05, 3.63) is 158 Å². The summed E-state index contributed by atoms with van der Waals surface area (Å²) in [7, 11) is 0. The molecule has 6 aromatic carbocycles. The second-order valence-corrected chi connectivity index (χ2v) is 10.7. The number of para-hydroxylation sites is 1. The lowest BCUT2D eigenvalue weighted by Gasteiger charge is -2.11. The molecule has 0 N–H and O–H groups in total. The molecule has 4 nitrogen and oxygen atoms in total. The largest absolute Gasteiger partial charge is 0.228 e. The number of aromatic nitrogens is 4. The van der Waals surface area contributed by atoms with Crippen LogP contribution in [-0.2, 0) is 0 Å². The van der Waals surface area contributed by atoms with Crippen molar-refractivity contribution in [1.29, 1.82) is 0 Å². The van der Waals surface area contributed by atoms with Crippen molar-refractivity contribution in [2.75, 3.05) is 0 Å². The second kappa shape index (κ2) is 11.0. The summed E-state index contributed by atoms with van der Waals surface area (Å²) in [5.41, 5.74) is 8.64. The molecule has 0 unspecified atom stereocenters. The van der Waals surface area contributed by atoms with Gasteiger partial charge >= 0.3 is 0 Å². The molecule has 4 heteroatoms. The quantitative estimate of drug-likeness (QED) is 0.209. The zero-order chi connectivity index (χ0) is 29.3. The lowest BCUT2D eigenvalue weighted by atomic mass is 10.0. The maximum atomic E-state index is 5.04. The van der Waals surface area contributed by atoms with E-state index in [0.29, 0.717) is 11.6 Å². The highest BCUT2D eigenvalue weighted by molar-refractivity contribution is 5.93. The van der Waals surface area contributed by atoms with E-state index in [4.69, 9.17) is 19.9 Å². The molecule has 2 heterocycles. The summed E-state index contributed by atoms with van der Waals surface area (Å²) >= 11 is 0. The number of hydrogen-bond acceptors (Lipinski definition) is 4. The van der Waals surface area contributed by atoms with E-state index < -0.39 is 0 Å². The van der Waals surface area contributed by atoms with Crippen LogP contribution in [0.3, 0.4) is 0 Å². The standard InChI is InChI=1S/C40H26N4/c1-3-12-29(13-4-1)38-34-17-9-10-18-35(34)41-40(44-38)31-22-20-28(21-23-31)36-26-37(43-39(42-36)30-14-5-2-6-15-30)33-24-19-27-11-7-8-16-32(27)25-33/h1-26H. The highest BCUT2D eigenvalue weighted by Crippen LogP contribution is 2.32. The van der Waals surface area contributed by atoms with Gasteiger partial charge in [0, 0.05) is 33.2 Å². The average Bonchev–Trinajstić information content (AvgIpc) is 3.11. The summed E-state index contributed by atoms with van der Waals surface area (Å²) in [6, 6.07) is 53.9. The Kier molecular flexibility index (Phi) is 6.43. The summed E-state index contributed by atoms with van der Waals surface area (Å²) in [5.74, 6) is 1.39. The summed E-state index contributed by atoms with van der Waals surface area (Å²) in [6.07, 6.45) is 0. The van der Waals surface area contributed by atoms with Gasteiger partial charge in [-0.15, -0.1) is 0 Å². The third-order valence-corrected chi connectivity index (χ3v) is 7.89. The molecule has 0 atom stereocenters. The van der Waals surface area contributed by atoms with Gasteiger partial charge in [-0.1, -0.05) is 140 Å². The molecular formula is C40H26N4. The lowest BCUT2D eigenvalue weighted by Crippen LogP contribution is -1.97. The number of nitrogens with zero attached hydrogens (tertiary/aromatic N) is 4. The molecule has 8 rings (SSSR count). The van der Waals surface area contributed by atoms with E-state index in [2.05, 4.69) is 91.0 Å². The normalized spacial score (nSPS) is 11.2. The second-order valence-electron chi connectivity index (χ2n) is 10.7. The Bertz CT molecular complexity index is 2260. The van der Waals surface area contributed by atoms with E-state index >= 15 is 0 Å². The SMILES string of the molecule is c1ccc(-c2nc(-c3ccc(-c4nc(-c5ccccc5)c5ccccc5n4)cc3)cc(-c3ccc4ccccc4c3)n2)cc1. The maximum absolute atomic E-state index is 5.04.